The number of benzene rings is 2. The van der Waals surface area contributed by atoms with Crippen LogP contribution in [0.3, 0.4) is 0 Å². The van der Waals surface area contributed by atoms with Gasteiger partial charge >= 0.3 is 5.97 Å². The van der Waals surface area contributed by atoms with Crippen LogP contribution in [0.2, 0.25) is 0 Å². The van der Waals surface area contributed by atoms with Crippen LogP contribution in [0.15, 0.2) is 53.3 Å². The topological polar surface area (TPSA) is 78.3 Å². The number of hydrogen-bond acceptors (Lipinski definition) is 5. The summed E-state index contributed by atoms with van der Waals surface area (Å²) in [5.41, 5.74) is 2.21. The molecule has 1 aliphatic carbocycles. The van der Waals surface area contributed by atoms with Crippen LogP contribution in [-0.2, 0) is 20.7 Å². The summed E-state index contributed by atoms with van der Waals surface area (Å²) in [4.78, 5) is 42.2. The van der Waals surface area contributed by atoms with Crippen molar-refractivity contribution in [2.24, 2.45) is 0 Å². The second-order valence-corrected chi connectivity index (χ2v) is 7.71. The normalized spacial score (nSPS) is 16.6. The third kappa shape index (κ3) is 4.17. The first-order valence-electron chi connectivity index (χ1n) is 10.3. The van der Waals surface area contributed by atoms with Crippen LogP contribution in [0.1, 0.15) is 43.5 Å². The van der Waals surface area contributed by atoms with Crippen LogP contribution >= 0.6 is 0 Å². The molecule has 0 unspecified atom stereocenters. The Balaban J connectivity index is 1.63. The van der Waals surface area contributed by atoms with Crippen LogP contribution in [0, 0.1) is 6.92 Å². The molecule has 0 N–H and O–H groups in total. The predicted molar refractivity (Wildman–Crippen MR) is 114 cm³/mol. The molecule has 154 valence electrons. The summed E-state index contributed by atoms with van der Waals surface area (Å²) in [6.07, 6.45) is 2.48. The van der Waals surface area contributed by atoms with Crippen molar-refractivity contribution in [1.29, 1.82) is 0 Å². The lowest BCUT2D eigenvalue weighted by Gasteiger charge is -2.20. The van der Waals surface area contributed by atoms with E-state index in [2.05, 4.69) is 4.98 Å². The van der Waals surface area contributed by atoms with Gasteiger partial charge in [-0.05, 0) is 50.5 Å². The van der Waals surface area contributed by atoms with Crippen molar-refractivity contribution in [2.45, 2.75) is 51.6 Å². The van der Waals surface area contributed by atoms with E-state index in [1.807, 2.05) is 43.3 Å². The zero-order chi connectivity index (χ0) is 21.1. The molecular weight excluding hydrogens is 380 g/mol. The van der Waals surface area contributed by atoms with Crippen molar-refractivity contribution in [3.05, 3.63) is 70.3 Å². The highest BCUT2D eigenvalue weighted by molar-refractivity contribution is 5.86. The minimum absolute atomic E-state index is 0.00464. The summed E-state index contributed by atoms with van der Waals surface area (Å²) < 4.78 is 6.96. The first-order valence-corrected chi connectivity index (χ1v) is 10.3. The van der Waals surface area contributed by atoms with Gasteiger partial charge in [-0.15, -0.1) is 0 Å². The van der Waals surface area contributed by atoms with Gasteiger partial charge in [-0.2, -0.15) is 0 Å². The Morgan fingerprint density at radius 3 is 2.63 bits per heavy atom. The molecule has 1 saturated carbocycles. The Bertz CT molecular complexity index is 1150. The number of ether oxygens (including phenoxy) is 1. The highest BCUT2D eigenvalue weighted by atomic mass is 16.5. The van der Waals surface area contributed by atoms with Gasteiger partial charge < -0.3 is 4.74 Å². The number of carbonyl (C=O) groups excluding carboxylic acids is 2. The van der Waals surface area contributed by atoms with Crippen molar-refractivity contribution >= 4 is 22.7 Å². The maximum atomic E-state index is 13.2. The number of Topliss-reactive ketones (excluding diaryl/α,β-unsaturated/α-hetero) is 1. The number of rotatable bonds is 5. The fourth-order valence-electron chi connectivity index (χ4n) is 3.81. The molecule has 1 heterocycles. The molecule has 1 aliphatic rings. The summed E-state index contributed by atoms with van der Waals surface area (Å²) in [6, 6.07) is 14.8. The van der Waals surface area contributed by atoms with Crippen molar-refractivity contribution in [1.82, 2.24) is 9.55 Å². The molecule has 0 aliphatic heterocycles. The molecule has 0 saturated heterocycles. The van der Waals surface area contributed by atoms with E-state index in [-0.39, 0.29) is 24.2 Å². The third-order valence-corrected chi connectivity index (χ3v) is 5.46. The minimum atomic E-state index is -0.630. The number of nitrogens with zero attached hydrogens (tertiary/aromatic N) is 2. The highest BCUT2D eigenvalue weighted by Gasteiger charge is 2.26. The average molecular weight is 404 g/mol. The number of carbonyl (C=O) groups is 2. The molecule has 4 rings (SSSR count). The summed E-state index contributed by atoms with van der Waals surface area (Å²) in [5, 5.41) is 0.525. The van der Waals surface area contributed by atoms with Crippen LogP contribution in [-0.4, -0.2) is 27.4 Å². The molecule has 0 radical (unpaired) electrons. The molecule has 30 heavy (non-hydrogen) atoms. The number of esters is 1. The largest absolute Gasteiger partial charge is 0.454 e. The Morgan fingerprint density at radius 2 is 1.87 bits per heavy atom. The SMILES string of the molecule is Cc1ccc(-n2c(CCC(=O)O[C@H]3CCCCC3=O)nc3ccccc3c2=O)cc1. The lowest BCUT2D eigenvalue weighted by molar-refractivity contribution is -0.156. The molecule has 2 aromatic carbocycles. The van der Waals surface area contributed by atoms with Gasteiger partial charge in [-0.3, -0.25) is 19.0 Å². The monoisotopic (exact) mass is 404 g/mol. The molecule has 1 fully saturated rings. The number of ketones is 1. The van der Waals surface area contributed by atoms with E-state index in [4.69, 9.17) is 4.74 Å². The first kappa shape index (κ1) is 20.0. The van der Waals surface area contributed by atoms with Crippen LogP contribution in [0.4, 0.5) is 0 Å². The predicted octanol–water partition coefficient (Wildman–Crippen LogP) is 3.68. The summed E-state index contributed by atoms with van der Waals surface area (Å²) >= 11 is 0. The lowest BCUT2D eigenvalue weighted by Crippen LogP contribution is -2.30. The van der Waals surface area contributed by atoms with E-state index in [0.29, 0.717) is 35.3 Å². The van der Waals surface area contributed by atoms with Crippen LogP contribution in [0.5, 0.6) is 0 Å². The molecule has 0 bridgehead atoms. The van der Waals surface area contributed by atoms with Crippen molar-refractivity contribution < 1.29 is 14.3 Å². The summed E-state index contributed by atoms with van der Waals surface area (Å²) in [6.45, 7) is 1.98. The fraction of sp³-hybridized carbons (Fsp3) is 0.333. The Kier molecular flexibility index (Phi) is 5.74. The lowest BCUT2D eigenvalue weighted by atomic mass is 9.96. The van der Waals surface area contributed by atoms with Crippen molar-refractivity contribution in [3.8, 4) is 5.69 Å². The van der Waals surface area contributed by atoms with E-state index in [9.17, 15) is 14.4 Å². The smallest absolute Gasteiger partial charge is 0.306 e. The second kappa shape index (κ2) is 8.61. The molecular formula is C24H24N2O4. The number of fused-ring (bicyclic) bond motifs is 1. The molecule has 0 amide bonds. The molecule has 0 spiro atoms. The van der Waals surface area contributed by atoms with Crippen molar-refractivity contribution in [3.63, 3.8) is 0 Å². The molecule has 1 aromatic heterocycles. The molecule has 6 heteroatoms. The van der Waals surface area contributed by atoms with Crippen molar-refractivity contribution in [2.75, 3.05) is 0 Å². The molecule has 3 aromatic rings. The van der Waals surface area contributed by atoms with E-state index in [1.54, 1.807) is 16.7 Å². The van der Waals surface area contributed by atoms with Gasteiger partial charge in [-0.25, -0.2) is 4.98 Å². The van der Waals surface area contributed by atoms with Crippen LogP contribution in [0.25, 0.3) is 16.6 Å². The summed E-state index contributed by atoms with van der Waals surface area (Å²) in [5.74, 6) is 0.0533. The Morgan fingerprint density at radius 1 is 1.10 bits per heavy atom. The third-order valence-electron chi connectivity index (χ3n) is 5.46. The van der Waals surface area contributed by atoms with Crippen LogP contribution < -0.4 is 5.56 Å². The Hall–Kier alpha value is -3.28. The minimum Gasteiger partial charge on any atom is -0.454 e. The quantitative estimate of drug-likeness (QED) is 0.606. The van der Waals surface area contributed by atoms with Gasteiger partial charge in [-0.1, -0.05) is 29.8 Å². The van der Waals surface area contributed by atoms with Gasteiger partial charge in [0.2, 0.25) is 0 Å². The standard InChI is InChI=1S/C24H24N2O4/c1-16-10-12-17(13-11-16)26-22(25-19-7-3-2-6-18(19)24(26)29)14-15-23(28)30-21-9-5-4-8-20(21)27/h2-3,6-7,10-13,21H,4-5,8-9,14-15H2,1H3/t21-/m0/s1. The second-order valence-electron chi connectivity index (χ2n) is 7.71. The molecule has 6 nitrogen and oxygen atoms in total. The fourth-order valence-corrected chi connectivity index (χ4v) is 3.81. The number of hydrogen-bond donors (Lipinski definition) is 0. The first-order chi connectivity index (χ1) is 14.5. The highest BCUT2D eigenvalue weighted by Crippen LogP contribution is 2.19. The zero-order valence-corrected chi connectivity index (χ0v) is 17.0. The maximum Gasteiger partial charge on any atom is 0.306 e. The van der Waals surface area contributed by atoms with E-state index < -0.39 is 12.1 Å². The van der Waals surface area contributed by atoms with Gasteiger partial charge in [0.15, 0.2) is 11.9 Å². The van der Waals surface area contributed by atoms with Gasteiger partial charge in [0.05, 0.1) is 23.0 Å². The van der Waals surface area contributed by atoms with Gasteiger partial charge in [0.25, 0.3) is 5.56 Å². The van der Waals surface area contributed by atoms with Gasteiger partial charge in [0, 0.05) is 12.8 Å². The summed E-state index contributed by atoms with van der Waals surface area (Å²) in [7, 11) is 0. The zero-order valence-electron chi connectivity index (χ0n) is 17.0. The van der Waals surface area contributed by atoms with E-state index >= 15 is 0 Å². The van der Waals surface area contributed by atoms with E-state index in [0.717, 1.165) is 18.4 Å². The molecule has 1 atom stereocenters. The van der Waals surface area contributed by atoms with E-state index in [1.165, 1.54) is 0 Å². The average Bonchev–Trinajstić information content (AvgIpc) is 2.75. The number of para-hydroxylation sites is 1. The number of aromatic nitrogens is 2. The number of aryl methyl sites for hydroxylation is 2. The maximum absolute atomic E-state index is 13.2. The van der Waals surface area contributed by atoms with Gasteiger partial charge in [0.1, 0.15) is 5.82 Å². The Labute approximate surface area is 174 Å².